The van der Waals surface area contributed by atoms with E-state index in [1.807, 2.05) is 7.11 Å². The van der Waals surface area contributed by atoms with E-state index < -0.39 is 0 Å². The first-order valence-electron chi connectivity index (χ1n) is 7.94. The van der Waals surface area contributed by atoms with Crippen molar-refractivity contribution in [3.05, 3.63) is 29.6 Å². The molecule has 4 heteroatoms. The zero-order valence-corrected chi connectivity index (χ0v) is 13.5. The van der Waals surface area contributed by atoms with E-state index in [0.717, 1.165) is 18.8 Å². The Balaban J connectivity index is 1.67. The van der Waals surface area contributed by atoms with Gasteiger partial charge in [-0.3, -0.25) is 9.88 Å². The number of rotatable bonds is 4. The molecular formula is C17H27N3O. The van der Waals surface area contributed by atoms with Crippen molar-refractivity contribution in [3.63, 3.8) is 0 Å². The molecule has 0 aliphatic carbocycles. The minimum Gasteiger partial charge on any atom is -0.384 e. The van der Waals surface area contributed by atoms with Crippen LogP contribution in [0.1, 0.15) is 17.8 Å². The van der Waals surface area contributed by atoms with Crippen molar-refractivity contribution in [3.8, 4) is 0 Å². The van der Waals surface area contributed by atoms with Crippen LogP contribution in [0.15, 0.2) is 18.2 Å². The first-order valence-corrected chi connectivity index (χ1v) is 7.94. The normalized spacial score (nSPS) is 30.5. The lowest BCUT2D eigenvalue weighted by molar-refractivity contribution is 0.0958. The average Bonchev–Trinajstić information content (AvgIpc) is 2.95. The Labute approximate surface area is 128 Å². The molecule has 0 bridgehead atoms. The molecular weight excluding hydrogens is 262 g/mol. The van der Waals surface area contributed by atoms with Gasteiger partial charge in [-0.05, 0) is 39.1 Å². The standard InChI is InChI=1S/C17H27N3O/c1-14-5-4-6-16(18-14)10-20-8-7-17(13-20)12-19(2)9-15(17)11-21-3/h4-6,15H,7-13H2,1-3H3/t15-,17-/m0/s1. The van der Waals surface area contributed by atoms with Gasteiger partial charge in [-0.1, -0.05) is 6.07 Å². The Hall–Kier alpha value is -0.970. The number of aromatic nitrogens is 1. The Morgan fingerprint density at radius 1 is 1.38 bits per heavy atom. The predicted molar refractivity (Wildman–Crippen MR) is 84.2 cm³/mol. The van der Waals surface area contributed by atoms with Crippen molar-refractivity contribution in [2.45, 2.75) is 19.9 Å². The number of hydrogen-bond acceptors (Lipinski definition) is 4. The fraction of sp³-hybridized carbons (Fsp3) is 0.706. The molecule has 1 aromatic heterocycles. The molecule has 0 amide bonds. The highest BCUT2D eigenvalue weighted by Crippen LogP contribution is 2.43. The van der Waals surface area contributed by atoms with E-state index in [1.165, 1.54) is 38.3 Å². The summed E-state index contributed by atoms with van der Waals surface area (Å²) in [6.07, 6.45) is 1.29. The van der Waals surface area contributed by atoms with Crippen molar-refractivity contribution in [1.82, 2.24) is 14.8 Å². The number of pyridine rings is 1. The van der Waals surface area contributed by atoms with E-state index in [2.05, 4.69) is 47.0 Å². The molecule has 1 aromatic rings. The molecule has 0 aromatic carbocycles. The fourth-order valence-electron chi connectivity index (χ4n) is 4.23. The largest absolute Gasteiger partial charge is 0.384 e. The highest BCUT2D eigenvalue weighted by atomic mass is 16.5. The maximum Gasteiger partial charge on any atom is 0.0547 e. The highest BCUT2D eigenvalue weighted by molar-refractivity contribution is 5.11. The summed E-state index contributed by atoms with van der Waals surface area (Å²) in [6, 6.07) is 6.32. The summed E-state index contributed by atoms with van der Waals surface area (Å²) in [6.45, 7) is 8.68. The van der Waals surface area contributed by atoms with Gasteiger partial charge in [0.25, 0.3) is 0 Å². The van der Waals surface area contributed by atoms with E-state index in [-0.39, 0.29) is 0 Å². The Morgan fingerprint density at radius 3 is 3.00 bits per heavy atom. The predicted octanol–water partition coefficient (Wildman–Crippen LogP) is 1.79. The summed E-state index contributed by atoms with van der Waals surface area (Å²) < 4.78 is 5.47. The molecule has 21 heavy (non-hydrogen) atoms. The molecule has 0 radical (unpaired) electrons. The van der Waals surface area contributed by atoms with Gasteiger partial charge >= 0.3 is 0 Å². The number of hydrogen-bond donors (Lipinski definition) is 0. The number of nitrogens with zero attached hydrogens (tertiary/aromatic N) is 3. The molecule has 4 nitrogen and oxygen atoms in total. The molecule has 2 aliphatic rings. The first-order chi connectivity index (χ1) is 10.1. The van der Waals surface area contributed by atoms with Crippen LogP contribution in [0.4, 0.5) is 0 Å². The number of ether oxygens (including phenoxy) is 1. The number of aryl methyl sites for hydroxylation is 1. The lowest BCUT2D eigenvalue weighted by Gasteiger charge is -2.30. The summed E-state index contributed by atoms with van der Waals surface area (Å²) in [5.41, 5.74) is 2.73. The van der Waals surface area contributed by atoms with Crippen molar-refractivity contribution in [2.75, 3.05) is 46.9 Å². The van der Waals surface area contributed by atoms with Crippen molar-refractivity contribution in [2.24, 2.45) is 11.3 Å². The second-order valence-corrected chi connectivity index (χ2v) is 6.94. The van der Waals surface area contributed by atoms with Crippen LogP contribution in [-0.2, 0) is 11.3 Å². The van der Waals surface area contributed by atoms with Crippen LogP contribution in [-0.4, -0.2) is 61.7 Å². The number of methoxy groups -OCH3 is 1. The van der Waals surface area contributed by atoms with Gasteiger partial charge in [0.1, 0.15) is 0 Å². The second-order valence-electron chi connectivity index (χ2n) is 6.94. The summed E-state index contributed by atoms with van der Waals surface area (Å²) in [5.74, 6) is 0.669. The van der Waals surface area contributed by atoms with Crippen molar-refractivity contribution in [1.29, 1.82) is 0 Å². The Morgan fingerprint density at radius 2 is 2.24 bits per heavy atom. The van der Waals surface area contributed by atoms with E-state index >= 15 is 0 Å². The summed E-state index contributed by atoms with van der Waals surface area (Å²) in [7, 11) is 4.07. The molecule has 2 atom stereocenters. The molecule has 1 spiro atoms. The molecule has 2 saturated heterocycles. The number of likely N-dealkylation sites (tertiary alicyclic amines) is 2. The van der Waals surface area contributed by atoms with Crippen LogP contribution < -0.4 is 0 Å². The van der Waals surface area contributed by atoms with Gasteiger partial charge in [0, 0.05) is 50.3 Å². The third-order valence-electron chi connectivity index (χ3n) is 5.15. The van der Waals surface area contributed by atoms with Crippen LogP contribution in [0.25, 0.3) is 0 Å². The topological polar surface area (TPSA) is 28.6 Å². The second kappa shape index (κ2) is 6.03. The van der Waals surface area contributed by atoms with E-state index in [4.69, 9.17) is 4.74 Å². The molecule has 2 aliphatic heterocycles. The summed E-state index contributed by atoms with van der Waals surface area (Å²) in [5, 5.41) is 0. The third-order valence-corrected chi connectivity index (χ3v) is 5.15. The third kappa shape index (κ3) is 3.12. The zero-order valence-electron chi connectivity index (χ0n) is 13.5. The lowest BCUT2D eigenvalue weighted by Crippen LogP contribution is -2.36. The van der Waals surface area contributed by atoms with E-state index in [9.17, 15) is 0 Å². The molecule has 3 rings (SSSR count). The maximum atomic E-state index is 5.47. The van der Waals surface area contributed by atoms with Gasteiger partial charge in [-0.2, -0.15) is 0 Å². The smallest absolute Gasteiger partial charge is 0.0547 e. The SMILES string of the molecule is COC[C@@H]1CN(C)C[C@]12CCN(Cc1cccc(C)n1)C2. The van der Waals surface area contributed by atoms with Gasteiger partial charge < -0.3 is 9.64 Å². The van der Waals surface area contributed by atoms with Crippen molar-refractivity contribution < 1.29 is 4.74 Å². The van der Waals surface area contributed by atoms with Crippen LogP contribution in [0.3, 0.4) is 0 Å². The van der Waals surface area contributed by atoms with Gasteiger partial charge in [-0.25, -0.2) is 0 Å². The van der Waals surface area contributed by atoms with Gasteiger partial charge in [0.2, 0.25) is 0 Å². The van der Waals surface area contributed by atoms with Crippen LogP contribution in [0.5, 0.6) is 0 Å². The first kappa shape index (κ1) is 14.9. The minimum atomic E-state index is 0.425. The average molecular weight is 289 g/mol. The van der Waals surface area contributed by atoms with Gasteiger partial charge in [-0.15, -0.1) is 0 Å². The molecule has 0 saturated carbocycles. The highest BCUT2D eigenvalue weighted by Gasteiger charge is 2.49. The van der Waals surface area contributed by atoms with E-state index in [1.54, 1.807) is 0 Å². The van der Waals surface area contributed by atoms with Crippen molar-refractivity contribution >= 4 is 0 Å². The molecule has 116 valence electrons. The zero-order chi connectivity index (χ0) is 14.9. The molecule has 2 fully saturated rings. The Bertz CT molecular complexity index is 493. The monoisotopic (exact) mass is 289 g/mol. The summed E-state index contributed by atoms with van der Waals surface area (Å²) in [4.78, 5) is 9.69. The lowest BCUT2D eigenvalue weighted by atomic mass is 9.78. The summed E-state index contributed by atoms with van der Waals surface area (Å²) >= 11 is 0. The Kier molecular flexibility index (Phi) is 4.29. The quantitative estimate of drug-likeness (QED) is 0.845. The molecule has 0 N–H and O–H groups in total. The molecule has 0 unspecified atom stereocenters. The minimum absolute atomic E-state index is 0.425. The fourth-order valence-corrected chi connectivity index (χ4v) is 4.23. The van der Waals surface area contributed by atoms with E-state index in [0.29, 0.717) is 11.3 Å². The van der Waals surface area contributed by atoms with Crippen LogP contribution >= 0.6 is 0 Å². The van der Waals surface area contributed by atoms with Crippen LogP contribution in [0, 0.1) is 18.3 Å². The molecule has 3 heterocycles. The maximum absolute atomic E-state index is 5.47. The van der Waals surface area contributed by atoms with Gasteiger partial charge in [0.05, 0.1) is 12.3 Å². The van der Waals surface area contributed by atoms with Crippen LogP contribution in [0.2, 0.25) is 0 Å². The van der Waals surface area contributed by atoms with Gasteiger partial charge in [0.15, 0.2) is 0 Å².